The Kier molecular flexibility index (Phi) is 5.44. The van der Waals surface area contributed by atoms with Crippen molar-refractivity contribution in [2.24, 2.45) is 11.3 Å². The Morgan fingerprint density at radius 1 is 1.47 bits per heavy atom. The van der Waals surface area contributed by atoms with Crippen molar-refractivity contribution >= 4 is 5.91 Å². The number of hydrogen-bond donors (Lipinski definition) is 2. The monoisotopic (exact) mass is 240 g/mol. The third-order valence-corrected chi connectivity index (χ3v) is 3.65. The van der Waals surface area contributed by atoms with E-state index in [9.17, 15) is 4.79 Å². The van der Waals surface area contributed by atoms with Crippen molar-refractivity contribution in [2.75, 3.05) is 13.1 Å². The minimum absolute atomic E-state index is 0.0182. The minimum atomic E-state index is -0.0182. The molecule has 0 aromatic rings. The quantitative estimate of drug-likeness (QED) is 0.724. The second-order valence-electron chi connectivity index (χ2n) is 6.31. The Balaban J connectivity index is 2.31. The van der Waals surface area contributed by atoms with Gasteiger partial charge >= 0.3 is 0 Å². The molecule has 0 bridgehead atoms. The van der Waals surface area contributed by atoms with Crippen LogP contribution in [0, 0.1) is 11.3 Å². The standard InChI is InChI=1S/C14H28N2O/c1-11(2)7-5-9-16-13(17)12-14(3,4)8-6-10-15-12/h11-12,15H,5-10H2,1-4H3,(H,16,17). The Hall–Kier alpha value is -0.570. The molecule has 1 amide bonds. The highest BCUT2D eigenvalue weighted by Gasteiger charge is 2.36. The molecular weight excluding hydrogens is 212 g/mol. The number of nitrogens with one attached hydrogen (secondary N) is 2. The van der Waals surface area contributed by atoms with Crippen LogP contribution in [0.3, 0.4) is 0 Å². The third-order valence-electron chi connectivity index (χ3n) is 3.65. The van der Waals surface area contributed by atoms with Gasteiger partial charge in [0.15, 0.2) is 0 Å². The molecule has 100 valence electrons. The zero-order valence-corrected chi connectivity index (χ0v) is 11.8. The summed E-state index contributed by atoms with van der Waals surface area (Å²) >= 11 is 0. The molecule has 1 saturated heterocycles. The molecule has 0 spiro atoms. The molecular formula is C14H28N2O. The van der Waals surface area contributed by atoms with E-state index in [0.29, 0.717) is 0 Å². The number of rotatable bonds is 5. The first-order valence-electron chi connectivity index (χ1n) is 6.94. The lowest BCUT2D eigenvalue weighted by Crippen LogP contribution is -2.55. The molecule has 0 aliphatic carbocycles. The SMILES string of the molecule is CC(C)CCCNC(=O)C1NCCCC1(C)C. The van der Waals surface area contributed by atoms with Crippen LogP contribution in [-0.4, -0.2) is 25.0 Å². The second kappa shape index (κ2) is 6.39. The third kappa shape index (κ3) is 4.66. The average molecular weight is 240 g/mol. The van der Waals surface area contributed by atoms with Gasteiger partial charge in [-0.15, -0.1) is 0 Å². The summed E-state index contributed by atoms with van der Waals surface area (Å²) in [6, 6.07) is -0.0182. The van der Waals surface area contributed by atoms with Crippen LogP contribution in [0.25, 0.3) is 0 Å². The zero-order valence-electron chi connectivity index (χ0n) is 11.8. The first kappa shape index (κ1) is 14.5. The molecule has 0 aromatic heterocycles. The van der Waals surface area contributed by atoms with Gasteiger partial charge in [0.1, 0.15) is 0 Å². The molecule has 1 rings (SSSR count). The van der Waals surface area contributed by atoms with Crippen LogP contribution in [0.4, 0.5) is 0 Å². The number of amides is 1. The predicted molar refractivity (Wildman–Crippen MR) is 71.9 cm³/mol. The van der Waals surface area contributed by atoms with Gasteiger partial charge in [0.25, 0.3) is 0 Å². The topological polar surface area (TPSA) is 41.1 Å². The van der Waals surface area contributed by atoms with E-state index in [1.54, 1.807) is 0 Å². The van der Waals surface area contributed by atoms with Gasteiger partial charge in [0.2, 0.25) is 5.91 Å². The van der Waals surface area contributed by atoms with Crippen LogP contribution in [-0.2, 0) is 4.79 Å². The number of hydrogen-bond acceptors (Lipinski definition) is 2. The van der Waals surface area contributed by atoms with Gasteiger partial charge in [0, 0.05) is 6.54 Å². The van der Waals surface area contributed by atoms with E-state index >= 15 is 0 Å². The first-order chi connectivity index (χ1) is 7.93. The maximum Gasteiger partial charge on any atom is 0.237 e. The molecule has 1 fully saturated rings. The molecule has 1 atom stereocenters. The lowest BCUT2D eigenvalue weighted by Gasteiger charge is -2.38. The molecule has 3 nitrogen and oxygen atoms in total. The van der Waals surface area contributed by atoms with Crippen molar-refractivity contribution in [2.45, 2.75) is 59.4 Å². The van der Waals surface area contributed by atoms with E-state index in [4.69, 9.17) is 0 Å². The Morgan fingerprint density at radius 2 is 2.18 bits per heavy atom. The molecule has 1 heterocycles. The van der Waals surface area contributed by atoms with E-state index in [2.05, 4.69) is 38.3 Å². The van der Waals surface area contributed by atoms with Gasteiger partial charge in [-0.25, -0.2) is 0 Å². The fourth-order valence-electron chi connectivity index (χ4n) is 2.48. The summed E-state index contributed by atoms with van der Waals surface area (Å²) in [5, 5.41) is 6.41. The molecule has 1 unspecified atom stereocenters. The molecule has 0 radical (unpaired) electrons. The van der Waals surface area contributed by atoms with Gasteiger partial charge in [-0.05, 0) is 43.6 Å². The van der Waals surface area contributed by atoms with E-state index in [1.165, 1.54) is 12.8 Å². The van der Waals surface area contributed by atoms with E-state index in [0.717, 1.165) is 31.8 Å². The molecule has 0 aromatic carbocycles. The summed E-state index contributed by atoms with van der Waals surface area (Å²) in [4.78, 5) is 12.1. The molecule has 0 saturated carbocycles. The van der Waals surface area contributed by atoms with E-state index < -0.39 is 0 Å². The first-order valence-corrected chi connectivity index (χ1v) is 6.94. The van der Waals surface area contributed by atoms with Gasteiger partial charge in [-0.1, -0.05) is 27.7 Å². The fourth-order valence-corrected chi connectivity index (χ4v) is 2.48. The maximum absolute atomic E-state index is 12.1. The largest absolute Gasteiger partial charge is 0.355 e. The summed E-state index contributed by atoms with van der Waals surface area (Å²) in [6.07, 6.45) is 4.56. The number of carbonyl (C=O) groups excluding carboxylic acids is 1. The normalized spacial score (nSPS) is 23.7. The summed E-state index contributed by atoms with van der Waals surface area (Å²) in [7, 11) is 0. The second-order valence-corrected chi connectivity index (χ2v) is 6.31. The van der Waals surface area contributed by atoms with Gasteiger partial charge in [-0.2, -0.15) is 0 Å². The van der Waals surface area contributed by atoms with Gasteiger partial charge in [0.05, 0.1) is 6.04 Å². The minimum Gasteiger partial charge on any atom is -0.355 e. The van der Waals surface area contributed by atoms with Crippen molar-refractivity contribution < 1.29 is 4.79 Å². The van der Waals surface area contributed by atoms with Gasteiger partial charge < -0.3 is 10.6 Å². The predicted octanol–water partition coefficient (Wildman–Crippen LogP) is 2.32. The van der Waals surface area contributed by atoms with E-state index in [1.807, 2.05) is 0 Å². The lowest BCUT2D eigenvalue weighted by atomic mass is 9.77. The van der Waals surface area contributed by atoms with Crippen LogP contribution >= 0.6 is 0 Å². The van der Waals surface area contributed by atoms with Gasteiger partial charge in [-0.3, -0.25) is 4.79 Å². The van der Waals surface area contributed by atoms with Crippen molar-refractivity contribution in [3.63, 3.8) is 0 Å². The molecule has 1 aliphatic rings. The highest BCUT2D eigenvalue weighted by atomic mass is 16.2. The summed E-state index contributed by atoms with van der Waals surface area (Å²) in [5.41, 5.74) is 0.0837. The zero-order chi connectivity index (χ0) is 12.9. The lowest BCUT2D eigenvalue weighted by molar-refractivity contribution is -0.126. The molecule has 2 N–H and O–H groups in total. The molecule has 3 heteroatoms. The van der Waals surface area contributed by atoms with Crippen LogP contribution < -0.4 is 10.6 Å². The summed E-state index contributed by atoms with van der Waals surface area (Å²) in [6.45, 7) is 10.6. The fraction of sp³-hybridized carbons (Fsp3) is 0.929. The smallest absolute Gasteiger partial charge is 0.237 e. The van der Waals surface area contributed by atoms with Crippen LogP contribution in [0.2, 0.25) is 0 Å². The highest BCUT2D eigenvalue weighted by molar-refractivity contribution is 5.82. The Bertz CT molecular complexity index is 249. The molecule has 17 heavy (non-hydrogen) atoms. The van der Waals surface area contributed by atoms with E-state index in [-0.39, 0.29) is 17.4 Å². The summed E-state index contributed by atoms with van der Waals surface area (Å²) in [5.74, 6) is 0.898. The molecule has 1 aliphatic heterocycles. The van der Waals surface area contributed by atoms with Crippen molar-refractivity contribution in [1.82, 2.24) is 10.6 Å². The van der Waals surface area contributed by atoms with Crippen LogP contribution in [0.1, 0.15) is 53.4 Å². The van der Waals surface area contributed by atoms with Crippen LogP contribution in [0.5, 0.6) is 0 Å². The van der Waals surface area contributed by atoms with Crippen molar-refractivity contribution in [3.8, 4) is 0 Å². The Morgan fingerprint density at radius 3 is 2.76 bits per heavy atom. The van der Waals surface area contributed by atoms with Crippen molar-refractivity contribution in [1.29, 1.82) is 0 Å². The average Bonchev–Trinajstić information content (AvgIpc) is 2.23. The summed E-state index contributed by atoms with van der Waals surface area (Å²) < 4.78 is 0. The maximum atomic E-state index is 12.1. The Labute approximate surface area is 106 Å². The highest BCUT2D eigenvalue weighted by Crippen LogP contribution is 2.30. The van der Waals surface area contributed by atoms with Crippen molar-refractivity contribution in [3.05, 3.63) is 0 Å². The number of piperidine rings is 1. The number of carbonyl (C=O) groups is 1. The van der Waals surface area contributed by atoms with Crippen LogP contribution in [0.15, 0.2) is 0 Å².